The molecule has 98 valence electrons. The second kappa shape index (κ2) is 6.61. The Bertz CT molecular complexity index is 517. The van der Waals surface area contributed by atoms with E-state index < -0.39 is 6.10 Å². The Kier molecular flexibility index (Phi) is 4.58. The van der Waals surface area contributed by atoms with Crippen molar-refractivity contribution < 1.29 is 9.90 Å². The van der Waals surface area contributed by atoms with Crippen LogP contribution in [0, 0.1) is 0 Å². The molecular formula is C14H15N3O2. The lowest BCUT2D eigenvalue weighted by atomic mass is 10.1. The molecule has 19 heavy (non-hydrogen) atoms. The molecule has 2 aromatic rings. The number of amides is 1. The topological polar surface area (TPSA) is 75.1 Å². The van der Waals surface area contributed by atoms with Crippen LogP contribution in [0.4, 0.5) is 0 Å². The number of hydrogen-bond donors (Lipinski definition) is 2. The Morgan fingerprint density at radius 2 is 2.05 bits per heavy atom. The molecule has 0 saturated heterocycles. The lowest BCUT2D eigenvalue weighted by Crippen LogP contribution is -2.26. The Morgan fingerprint density at radius 3 is 2.74 bits per heavy atom. The fraction of sp³-hybridized carbons (Fsp3) is 0.214. The molecule has 5 nitrogen and oxygen atoms in total. The van der Waals surface area contributed by atoms with Gasteiger partial charge >= 0.3 is 0 Å². The first-order valence-electron chi connectivity index (χ1n) is 6.04. The SMILES string of the molecule is O=C(NCC[C@@H](O)c1ccccc1)c1cnccn1. The van der Waals surface area contributed by atoms with E-state index in [1.165, 1.54) is 18.6 Å². The van der Waals surface area contributed by atoms with Gasteiger partial charge in [-0.15, -0.1) is 0 Å². The number of nitrogens with zero attached hydrogens (tertiary/aromatic N) is 2. The van der Waals surface area contributed by atoms with Crippen molar-refractivity contribution in [3.63, 3.8) is 0 Å². The third-order valence-corrected chi connectivity index (χ3v) is 2.68. The molecule has 0 fully saturated rings. The summed E-state index contributed by atoms with van der Waals surface area (Å²) in [5.41, 5.74) is 1.12. The largest absolute Gasteiger partial charge is 0.388 e. The van der Waals surface area contributed by atoms with E-state index in [1.807, 2.05) is 30.3 Å². The van der Waals surface area contributed by atoms with E-state index in [4.69, 9.17) is 0 Å². The van der Waals surface area contributed by atoms with Crippen LogP contribution >= 0.6 is 0 Å². The van der Waals surface area contributed by atoms with Crippen LogP contribution < -0.4 is 5.32 Å². The molecule has 0 unspecified atom stereocenters. The zero-order chi connectivity index (χ0) is 13.5. The molecule has 2 N–H and O–H groups in total. The van der Waals surface area contributed by atoms with Crippen LogP contribution in [0.5, 0.6) is 0 Å². The summed E-state index contributed by atoms with van der Waals surface area (Å²) in [5, 5.41) is 12.6. The summed E-state index contributed by atoms with van der Waals surface area (Å²) in [4.78, 5) is 19.4. The summed E-state index contributed by atoms with van der Waals surface area (Å²) in [6, 6.07) is 9.35. The van der Waals surface area contributed by atoms with E-state index in [-0.39, 0.29) is 11.6 Å². The van der Waals surface area contributed by atoms with Crippen LogP contribution in [0.3, 0.4) is 0 Å². The lowest BCUT2D eigenvalue weighted by Gasteiger charge is -2.11. The van der Waals surface area contributed by atoms with Crippen LogP contribution in [0.25, 0.3) is 0 Å². The van der Waals surface area contributed by atoms with Crippen LogP contribution in [0.2, 0.25) is 0 Å². The molecule has 0 spiro atoms. The van der Waals surface area contributed by atoms with E-state index in [0.29, 0.717) is 13.0 Å². The number of aliphatic hydroxyl groups is 1. The number of aliphatic hydroxyl groups excluding tert-OH is 1. The monoisotopic (exact) mass is 257 g/mol. The first kappa shape index (κ1) is 13.2. The van der Waals surface area contributed by atoms with Gasteiger partial charge in [-0.3, -0.25) is 9.78 Å². The van der Waals surface area contributed by atoms with Gasteiger partial charge in [-0.1, -0.05) is 30.3 Å². The Labute approximate surface area is 111 Å². The van der Waals surface area contributed by atoms with Gasteiger partial charge in [0.05, 0.1) is 12.3 Å². The van der Waals surface area contributed by atoms with Crippen molar-refractivity contribution >= 4 is 5.91 Å². The average Bonchev–Trinajstić information content (AvgIpc) is 2.49. The summed E-state index contributed by atoms with van der Waals surface area (Å²) >= 11 is 0. The van der Waals surface area contributed by atoms with Crippen molar-refractivity contribution in [1.29, 1.82) is 0 Å². The van der Waals surface area contributed by atoms with Crippen LogP contribution in [-0.4, -0.2) is 27.5 Å². The smallest absolute Gasteiger partial charge is 0.271 e. The number of hydrogen-bond acceptors (Lipinski definition) is 4. The van der Waals surface area contributed by atoms with Gasteiger partial charge < -0.3 is 10.4 Å². The highest BCUT2D eigenvalue weighted by Gasteiger charge is 2.09. The molecule has 0 saturated carbocycles. The fourth-order valence-corrected chi connectivity index (χ4v) is 1.67. The molecule has 2 rings (SSSR count). The summed E-state index contributed by atoms with van der Waals surface area (Å²) in [5.74, 6) is -0.284. The Morgan fingerprint density at radius 1 is 1.26 bits per heavy atom. The van der Waals surface area contributed by atoms with E-state index in [1.54, 1.807) is 0 Å². The minimum Gasteiger partial charge on any atom is -0.388 e. The van der Waals surface area contributed by atoms with Gasteiger partial charge in [-0.2, -0.15) is 0 Å². The van der Waals surface area contributed by atoms with Crippen molar-refractivity contribution in [2.45, 2.75) is 12.5 Å². The minimum absolute atomic E-state index is 0.275. The van der Waals surface area contributed by atoms with Gasteiger partial charge in [0.15, 0.2) is 0 Å². The highest BCUT2D eigenvalue weighted by molar-refractivity contribution is 5.91. The van der Waals surface area contributed by atoms with Crippen LogP contribution in [0.1, 0.15) is 28.6 Å². The summed E-state index contributed by atoms with van der Waals surface area (Å²) in [6.07, 6.45) is 4.26. The maximum atomic E-state index is 11.7. The highest BCUT2D eigenvalue weighted by Crippen LogP contribution is 2.14. The molecule has 0 aliphatic carbocycles. The van der Waals surface area contributed by atoms with Crippen molar-refractivity contribution in [1.82, 2.24) is 15.3 Å². The second-order valence-electron chi connectivity index (χ2n) is 4.06. The van der Waals surface area contributed by atoms with Crippen molar-refractivity contribution in [3.8, 4) is 0 Å². The number of benzene rings is 1. The number of aromatic nitrogens is 2. The van der Waals surface area contributed by atoms with Gasteiger partial charge in [0, 0.05) is 18.9 Å². The van der Waals surface area contributed by atoms with Gasteiger partial charge in [0.1, 0.15) is 5.69 Å². The third-order valence-electron chi connectivity index (χ3n) is 2.68. The minimum atomic E-state index is -0.580. The maximum Gasteiger partial charge on any atom is 0.271 e. The van der Waals surface area contributed by atoms with Crippen molar-refractivity contribution in [3.05, 3.63) is 60.2 Å². The normalized spacial score (nSPS) is 11.8. The number of carbonyl (C=O) groups is 1. The van der Waals surface area contributed by atoms with Gasteiger partial charge in [-0.25, -0.2) is 4.98 Å². The van der Waals surface area contributed by atoms with E-state index in [2.05, 4.69) is 15.3 Å². The van der Waals surface area contributed by atoms with E-state index in [0.717, 1.165) is 5.56 Å². The number of rotatable bonds is 5. The molecule has 1 atom stereocenters. The first-order valence-corrected chi connectivity index (χ1v) is 6.04. The summed E-state index contributed by atoms with van der Waals surface area (Å²) < 4.78 is 0. The van der Waals surface area contributed by atoms with E-state index in [9.17, 15) is 9.90 Å². The zero-order valence-electron chi connectivity index (χ0n) is 10.4. The predicted octanol–water partition coefficient (Wildman–Crippen LogP) is 1.33. The molecule has 0 radical (unpaired) electrons. The Balaban J connectivity index is 1.79. The van der Waals surface area contributed by atoms with Crippen molar-refractivity contribution in [2.75, 3.05) is 6.54 Å². The Hall–Kier alpha value is -2.27. The molecule has 0 bridgehead atoms. The molecule has 1 aromatic heterocycles. The van der Waals surface area contributed by atoms with Gasteiger partial charge in [-0.05, 0) is 12.0 Å². The van der Waals surface area contributed by atoms with Gasteiger partial charge in [0.25, 0.3) is 5.91 Å². The summed E-state index contributed by atoms with van der Waals surface area (Å²) in [7, 11) is 0. The van der Waals surface area contributed by atoms with Crippen LogP contribution in [0.15, 0.2) is 48.9 Å². The quantitative estimate of drug-likeness (QED) is 0.847. The first-order chi connectivity index (χ1) is 9.27. The number of nitrogens with one attached hydrogen (secondary N) is 1. The summed E-state index contributed by atoms with van der Waals surface area (Å²) in [6.45, 7) is 0.380. The molecule has 0 aliphatic heterocycles. The van der Waals surface area contributed by atoms with Crippen molar-refractivity contribution in [2.24, 2.45) is 0 Å². The molecule has 1 aromatic carbocycles. The molecule has 5 heteroatoms. The maximum absolute atomic E-state index is 11.7. The molecule has 0 aliphatic rings. The molecular weight excluding hydrogens is 242 g/mol. The number of carbonyl (C=O) groups excluding carboxylic acids is 1. The van der Waals surface area contributed by atoms with E-state index >= 15 is 0 Å². The second-order valence-corrected chi connectivity index (χ2v) is 4.06. The fourth-order valence-electron chi connectivity index (χ4n) is 1.67. The average molecular weight is 257 g/mol. The predicted molar refractivity (Wildman–Crippen MR) is 70.4 cm³/mol. The molecule has 1 amide bonds. The third kappa shape index (κ3) is 3.86. The lowest BCUT2D eigenvalue weighted by molar-refractivity contribution is 0.0937. The van der Waals surface area contributed by atoms with Crippen LogP contribution in [-0.2, 0) is 0 Å². The highest BCUT2D eigenvalue weighted by atomic mass is 16.3. The standard InChI is InChI=1S/C14H15N3O2/c18-13(11-4-2-1-3-5-11)6-7-17-14(19)12-10-15-8-9-16-12/h1-5,8-10,13,18H,6-7H2,(H,17,19)/t13-/m1/s1. The molecule has 1 heterocycles. The zero-order valence-corrected chi connectivity index (χ0v) is 10.4. The van der Waals surface area contributed by atoms with Gasteiger partial charge in [0.2, 0.25) is 0 Å².